The molecule has 114 valence electrons. The van der Waals surface area contributed by atoms with Crippen LogP contribution >= 0.6 is 0 Å². The number of aliphatic imine (C=N–C) groups is 1. The fourth-order valence-electron chi connectivity index (χ4n) is 2.77. The van der Waals surface area contributed by atoms with Crippen LogP contribution in [0.5, 0.6) is 5.75 Å². The van der Waals surface area contributed by atoms with E-state index in [4.69, 9.17) is 5.73 Å². The number of phenols is 1. The van der Waals surface area contributed by atoms with E-state index in [1.165, 1.54) is 0 Å². The minimum atomic E-state index is -0.517. The third-order valence-electron chi connectivity index (χ3n) is 3.74. The molecule has 0 fully saturated rings. The highest BCUT2D eigenvalue weighted by atomic mass is 16.3. The van der Waals surface area contributed by atoms with Crippen LogP contribution < -0.4 is 16.6 Å². The van der Waals surface area contributed by atoms with E-state index in [-0.39, 0.29) is 17.3 Å². The Morgan fingerprint density at radius 1 is 1.17 bits per heavy atom. The number of nitrogens with two attached hydrogens (primary N) is 1. The molecule has 0 bridgehead atoms. The quantitative estimate of drug-likeness (QED) is 0.630. The van der Waals surface area contributed by atoms with Gasteiger partial charge in [0.25, 0.3) is 5.56 Å². The van der Waals surface area contributed by atoms with Crippen molar-refractivity contribution in [3.8, 4) is 5.75 Å². The minimum Gasteiger partial charge on any atom is -0.508 e. The smallest absolute Gasteiger partial charge is 0.282 e. The predicted octanol–water partition coefficient (Wildman–Crippen LogP) is 1.39. The number of nitrogens with one attached hydrogen (secondary N) is 1. The maximum atomic E-state index is 12.2. The third kappa shape index (κ3) is 2.10. The first-order valence-electron chi connectivity index (χ1n) is 7.04. The lowest BCUT2D eigenvalue weighted by Crippen LogP contribution is -2.34. The van der Waals surface area contributed by atoms with E-state index < -0.39 is 6.17 Å². The van der Waals surface area contributed by atoms with Crippen molar-refractivity contribution in [3.05, 3.63) is 64.4 Å². The third-order valence-corrected chi connectivity index (χ3v) is 3.74. The zero-order valence-corrected chi connectivity index (χ0v) is 12.0. The zero-order valence-electron chi connectivity index (χ0n) is 12.0. The number of aromatic hydroxyl groups is 1. The molecule has 7 heteroatoms. The summed E-state index contributed by atoms with van der Waals surface area (Å²) in [4.78, 5) is 20.6. The molecule has 23 heavy (non-hydrogen) atoms. The highest BCUT2D eigenvalue weighted by molar-refractivity contribution is 5.93. The van der Waals surface area contributed by atoms with Gasteiger partial charge in [0.05, 0.1) is 10.9 Å². The Bertz CT molecular complexity index is 1010. The fourth-order valence-corrected chi connectivity index (χ4v) is 2.77. The number of para-hydroxylation sites is 1. The van der Waals surface area contributed by atoms with Gasteiger partial charge in [-0.1, -0.05) is 24.3 Å². The molecule has 3 aromatic rings. The first-order chi connectivity index (χ1) is 11.1. The molecule has 1 aliphatic heterocycles. The number of anilines is 1. The number of guanidine groups is 1. The molecule has 7 nitrogen and oxygen atoms in total. The van der Waals surface area contributed by atoms with Crippen LogP contribution in [-0.4, -0.2) is 20.6 Å². The summed E-state index contributed by atoms with van der Waals surface area (Å²) >= 11 is 0. The van der Waals surface area contributed by atoms with Crippen molar-refractivity contribution in [1.82, 2.24) is 9.55 Å². The molecule has 0 saturated heterocycles. The molecular weight excluding hydrogens is 294 g/mol. The van der Waals surface area contributed by atoms with Crippen LogP contribution in [0.15, 0.2) is 58.3 Å². The predicted molar refractivity (Wildman–Crippen MR) is 87.5 cm³/mol. The molecule has 0 amide bonds. The number of benzene rings is 2. The molecule has 2 aromatic carbocycles. The standard InChI is InChI=1S/C16H13N5O2/c17-15-18-13(9-4-3-5-10(22)8-9)21-12-7-2-1-6-11(12)14(23)19-16(21)20-15/h1-8,13,22H,(H3,17,18,19,20,23)/t13-/m1/s1. The van der Waals surface area contributed by atoms with Crippen molar-refractivity contribution in [2.45, 2.75) is 6.17 Å². The Balaban J connectivity index is 2.05. The van der Waals surface area contributed by atoms with E-state index in [2.05, 4.69) is 15.3 Å². The summed E-state index contributed by atoms with van der Waals surface area (Å²) in [6.45, 7) is 0. The van der Waals surface area contributed by atoms with Gasteiger partial charge in [-0.05, 0) is 24.3 Å². The molecule has 0 aliphatic carbocycles. The summed E-state index contributed by atoms with van der Waals surface area (Å²) in [7, 11) is 0. The van der Waals surface area contributed by atoms with Gasteiger partial charge in [-0.2, -0.15) is 4.98 Å². The molecule has 1 aliphatic rings. The molecule has 4 rings (SSSR count). The maximum Gasteiger partial charge on any atom is 0.282 e. The van der Waals surface area contributed by atoms with Gasteiger partial charge in [0, 0.05) is 5.56 Å². The summed E-state index contributed by atoms with van der Waals surface area (Å²) in [5.74, 6) is 0.629. The first-order valence-corrected chi connectivity index (χ1v) is 7.04. The van der Waals surface area contributed by atoms with E-state index in [1.54, 1.807) is 34.9 Å². The lowest BCUT2D eigenvalue weighted by atomic mass is 10.1. The summed E-state index contributed by atoms with van der Waals surface area (Å²) in [6, 6.07) is 13.9. The number of nitrogens with zero attached hydrogens (tertiary/aromatic N) is 3. The van der Waals surface area contributed by atoms with Gasteiger partial charge in [-0.3, -0.25) is 14.7 Å². The van der Waals surface area contributed by atoms with Crippen molar-refractivity contribution in [3.63, 3.8) is 0 Å². The SMILES string of the molecule is NC1=N[C@@H](c2cccc(O)c2)n2c(nc(=O)c3ccccc32)N1. The molecule has 0 saturated carbocycles. The van der Waals surface area contributed by atoms with E-state index in [0.29, 0.717) is 16.9 Å². The number of phenolic OH excluding ortho intramolecular Hbond substituents is 1. The first kappa shape index (κ1) is 13.3. The lowest BCUT2D eigenvalue weighted by molar-refractivity contribution is 0.472. The van der Waals surface area contributed by atoms with Gasteiger partial charge in [0.15, 0.2) is 12.1 Å². The fraction of sp³-hybridized carbons (Fsp3) is 0.0625. The average molecular weight is 307 g/mol. The van der Waals surface area contributed by atoms with Crippen molar-refractivity contribution < 1.29 is 5.11 Å². The highest BCUT2D eigenvalue weighted by Crippen LogP contribution is 2.30. The maximum absolute atomic E-state index is 12.2. The van der Waals surface area contributed by atoms with Gasteiger partial charge >= 0.3 is 0 Å². The second kappa shape index (κ2) is 4.84. The summed E-state index contributed by atoms with van der Waals surface area (Å²) in [6.07, 6.45) is -0.517. The molecule has 1 aromatic heterocycles. The highest BCUT2D eigenvalue weighted by Gasteiger charge is 2.24. The number of aromatic nitrogens is 2. The molecule has 1 atom stereocenters. The van der Waals surface area contributed by atoms with Gasteiger partial charge in [-0.25, -0.2) is 4.99 Å². The van der Waals surface area contributed by atoms with Crippen molar-refractivity contribution >= 4 is 22.8 Å². The molecule has 0 radical (unpaired) electrons. The van der Waals surface area contributed by atoms with Crippen molar-refractivity contribution in [2.75, 3.05) is 5.32 Å². The Kier molecular flexibility index (Phi) is 2.80. The molecule has 2 heterocycles. The zero-order chi connectivity index (χ0) is 16.0. The number of hydrogen-bond acceptors (Lipinski definition) is 6. The second-order valence-corrected chi connectivity index (χ2v) is 5.24. The van der Waals surface area contributed by atoms with Crippen molar-refractivity contribution in [1.29, 1.82) is 0 Å². The van der Waals surface area contributed by atoms with E-state index in [0.717, 1.165) is 5.56 Å². The topological polar surface area (TPSA) is 106 Å². The summed E-state index contributed by atoms with van der Waals surface area (Å²) in [5, 5.41) is 13.1. The largest absolute Gasteiger partial charge is 0.508 e. The molecular formula is C16H13N5O2. The van der Waals surface area contributed by atoms with Gasteiger partial charge in [-0.15, -0.1) is 0 Å². The summed E-state index contributed by atoms with van der Waals surface area (Å²) in [5.41, 5.74) is 6.94. The van der Waals surface area contributed by atoms with Gasteiger partial charge < -0.3 is 10.8 Å². The van der Waals surface area contributed by atoms with Crippen LogP contribution in [0.3, 0.4) is 0 Å². The van der Waals surface area contributed by atoms with E-state index in [9.17, 15) is 9.90 Å². The van der Waals surface area contributed by atoms with Crippen LogP contribution in [-0.2, 0) is 0 Å². The number of hydrogen-bond donors (Lipinski definition) is 3. The Labute approximate surface area is 130 Å². The summed E-state index contributed by atoms with van der Waals surface area (Å²) < 4.78 is 1.79. The molecule has 0 unspecified atom stereocenters. The Hall–Kier alpha value is -3.35. The number of fused-ring (bicyclic) bond motifs is 3. The number of rotatable bonds is 1. The molecule has 0 spiro atoms. The monoisotopic (exact) mass is 307 g/mol. The van der Waals surface area contributed by atoms with Crippen LogP contribution in [0.25, 0.3) is 10.9 Å². The average Bonchev–Trinajstić information content (AvgIpc) is 2.54. The van der Waals surface area contributed by atoms with Crippen LogP contribution in [0.2, 0.25) is 0 Å². The normalized spacial score (nSPS) is 16.5. The van der Waals surface area contributed by atoms with E-state index >= 15 is 0 Å². The van der Waals surface area contributed by atoms with Crippen molar-refractivity contribution in [2.24, 2.45) is 10.7 Å². The van der Waals surface area contributed by atoms with Crippen LogP contribution in [0.4, 0.5) is 5.95 Å². The second-order valence-electron chi connectivity index (χ2n) is 5.24. The van der Waals surface area contributed by atoms with E-state index in [1.807, 2.05) is 18.2 Å². The lowest BCUT2D eigenvalue weighted by Gasteiger charge is -2.27. The van der Waals surface area contributed by atoms with Crippen LogP contribution in [0.1, 0.15) is 11.7 Å². The molecule has 4 N–H and O–H groups in total. The Morgan fingerprint density at radius 3 is 2.83 bits per heavy atom. The van der Waals surface area contributed by atoms with Crippen LogP contribution in [0, 0.1) is 0 Å². The Morgan fingerprint density at radius 2 is 2.00 bits per heavy atom. The minimum absolute atomic E-state index is 0.134. The van der Waals surface area contributed by atoms with Gasteiger partial charge in [0.1, 0.15) is 5.75 Å². The van der Waals surface area contributed by atoms with Gasteiger partial charge in [0.2, 0.25) is 5.95 Å².